The molecule has 82 valence electrons. The highest BCUT2D eigenvalue weighted by molar-refractivity contribution is 6.18. The second kappa shape index (κ2) is 4.54. The van der Waals surface area contributed by atoms with Crippen molar-refractivity contribution < 1.29 is 4.79 Å². The van der Waals surface area contributed by atoms with Crippen molar-refractivity contribution >= 4 is 17.5 Å². The molecule has 1 heterocycles. The summed E-state index contributed by atoms with van der Waals surface area (Å²) in [5.41, 5.74) is 1.68. The molecule has 0 aliphatic carbocycles. The summed E-state index contributed by atoms with van der Waals surface area (Å²) in [4.78, 5) is 13.2. The summed E-state index contributed by atoms with van der Waals surface area (Å²) in [6, 6.07) is 9.76. The van der Waals surface area contributed by atoms with Crippen LogP contribution in [0.5, 0.6) is 0 Å². The third kappa shape index (κ3) is 2.02. The first-order chi connectivity index (χ1) is 7.74. The van der Waals surface area contributed by atoms with Crippen LogP contribution in [0, 0.1) is 11.3 Å². The van der Waals surface area contributed by atoms with E-state index >= 15 is 0 Å². The standard InChI is InChI=1S/C12H11ClN2O/c13-8-15-7-11(5-12(15)16)10-3-1-2-9(4-10)6-14/h1-4,11H,5,7-8H2. The molecular formula is C12H11ClN2O. The molecule has 1 fully saturated rings. The lowest BCUT2D eigenvalue weighted by Crippen LogP contribution is -2.23. The van der Waals surface area contributed by atoms with Gasteiger partial charge in [-0.1, -0.05) is 12.1 Å². The second-order valence-electron chi connectivity index (χ2n) is 3.87. The van der Waals surface area contributed by atoms with E-state index < -0.39 is 0 Å². The summed E-state index contributed by atoms with van der Waals surface area (Å²) >= 11 is 5.67. The zero-order valence-electron chi connectivity index (χ0n) is 8.69. The number of rotatable bonds is 2. The molecule has 4 heteroatoms. The third-order valence-electron chi connectivity index (χ3n) is 2.85. The van der Waals surface area contributed by atoms with E-state index in [2.05, 4.69) is 6.07 Å². The minimum absolute atomic E-state index is 0.0855. The first-order valence-electron chi connectivity index (χ1n) is 5.08. The maximum Gasteiger partial charge on any atom is 0.224 e. The minimum Gasteiger partial charge on any atom is -0.328 e. The fourth-order valence-corrected chi connectivity index (χ4v) is 2.20. The Morgan fingerprint density at radius 1 is 1.56 bits per heavy atom. The number of halogens is 1. The van der Waals surface area contributed by atoms with E-state index in [9.17, 15) is 4.79 Å². The van der Waals surface area contributed by atoms with Gasteiger partial charge in [0, 0.05) is 18.9 Å². The van der Waals surface area contributed by atoms with Crippen molar-refractivity contribution in [1.29, 1.82) is 5.26 Å². The number of carbonyl (C=O) groups excluding carboxylic acids is 1. The topological polar surface area (TPSA) is 44.1 Å². The molecule has 0 N–H and O–H groups in total. The Hall–Kier alpha value is -1.53. The predicted octanol–water partition coefficient (Wildman–Crippen LogP) is 2.07. The molecule has 1 amide bonds. The molecule has 0 saturated carbocycles. The average Bonchev–Trinajstić information content (AvgIpc) is 2.71. The Labute approximate surface area is 99.2 Å². The van der Waals surface area contributed by atoms with E-state index in [0.717, 1.165) is 5.56 Å². The molecule has 1 aliphatic heterocycles. The Morgan fingerprint density at radius 2 is 2.38 bits per heavy atom. The van der Waals surface area contributed by atoms with Crippen LogP contribution in [0.3, 0.4) is 0 Å². The highest BCUT2D eigenvalue weighted by Crippen LogP contribution is 2.28. The van der Waals surface area contributed by atoms with Gasteiger partial charge in [0.15, 0.2) is 0 Å². The number of nitriles is 1. The van der Waals surface area contributed by atoms with Crippen molar-refractivity contribution in [3.63, 3.8) is 0 Å². The molecule has 1 saturated heterocycles. The van der Waals surface area contributed by atoms with E-state index in [0.29, 0.717) is 18.5 Å². The number of alkyl halides is 1. The van der Waals surface area contributed by atoms with Gasteiger partial charge in [-0.25, -0.2) is 0 Å². The lowest BCUT2D eigenvalue weighted by atomic mass is 9.97. The maximum absolute atomic E-state index is 11.5. The molecule has 0 radical (unpaired) electrons. The van der Waals surface area contributed by atoms with Gasteiger partial charge >= 0.3 is 0 Å². The fourth-order valence-electron chi connectivity index (χ4n) is 1.97. The summed E-state index contributed by atoms with van der Waals surface area (Å²) in [6.45, 7) is 0.650. The summed E-state index contributed by atoms with van der Waals surface area (Å²) < 4.78 is 0. The molecule has 1 aromatic carbocycles. The van der Waals surface area contributed by atoms with Gasteiger partial charge in [0.2, 0.25) is 5.91 Å². The summed E-state index contributed by atoms with van der Waals surface area (Å²) in [6.07, 6.45) is 0.488. The number of carbonyl (C=O) groups is 1. The van der Waals surface area contributed by atoms with E-state index in [1.807, 2.05) is 18.2 Å². The van der Waals surface area contributed by atoms with Crippen molar-refractivity contribution in [2.45, 2.75) is 12.3 Å². The van der Waals surface area contributed by atoms with E-state index in [-0.39, 0.29) is 17.8 Å². The van der Waals surface area contributed by atoms with E-state index in [1.165, 1.54) is 0 Å². The van der Waals surface area contributed by atoms with Gasteiger partial charge < -0.3 is 4.90 Å². The van der Waals surface area contributed by atoms with Gasteiger partial charge in [0.25, 0.3) is 0 Å². The number of likely N-dealkylation sites (tertiary alicyclic amines) is 1. The summed E-state index contributed by atoms with van der Waals surface area (Å²) in [5.74, 6) is 0.252. The largest absolute Gasteiger partial charge is 0.328 e. The highest BCUT2D eigenvalue weighted by atomic mass is 35.5. The molecule has 16 heavy (non-hydrogen) atoms. The van der Waals surface area contributed by atoms with Crippen LogP contribution in [0.1, 0.15) is 23.5 Å². The Bertz CT molecular complexity index is 453. The summed E-state index contributed by atoms with van der Waals surface area (Å²) in [7, 11) is 0. The van der Waals surface area contributed by atoms with Crippen molar-refractivity contribution in [2.24, 2.45) is 0 Å². The van der Waals surface area contributed by atoms with Gasteiger partial charge in [-0.2, -0.15) is 5.26 Å². The lowest BCUT2D eigenvalue weighted by molar-refractivity contribution is -0.126. The number of amides is 1. The van der Waals surface area contributed by atoms with E-state index in [1.54, 1.807) is 11.0 Å². The molecule has 3 nitrogen and oxygen atoms in total. The van der Waals surface area contributed by atoms with Crippen LogP contribution in [0.4, 0.5) is 0 Å². The Morgan fingerprint density at radius 3 is 3.00 bits per heavy atom. The highest BCUT2D eigenvalue weighted by Gasteiger charge is 2.29. The van der Waals surface area contributed by atoms with Crippen molar-refractivity contribution in [1.82, 2.24) is 4.90 Å². The van der Waals surface area contributed by atoms with Crippen LogP contribution in [0.2, 0.25) is 0 Å². The normalized spacial score (nSPS) is 19.9. The quantitative estimate of drug-likeness (QED) is 0.581. The first kappa shape index (κ1) is 11.0. The third-order valence-corrected chi connectivity index (χ3v) is 3.13. The van der Waals surface area contributed by atoms with Gasteiger partial charge in [-0.05, 0) is 17.7 Å². The number of nitrogens with zero attached hydrogens (tertiary/aromatic N) is 2. The van der Waals surface area contributed by atoms with Crippen LogP contribution >= 0.6 is 11.6 Å². The molecule has 1 aliphatic rings. The van der Waals surface area contributed by atoms with Crippen LogP contribution < -0.4 is 0 Å². The molecule has 1 unspecified atom stereocenters. The predicted molar refractivity (Wildman–Crippen MR) is 60.9 cm³/mol. The van der Waals surface area contributed by atoms with Crippen molar-refractivity contribution in [3.05, 3.63) is 35.4 Å². The average molecular weight is 235 g/mol. The molecule has 1 atom stereocenters. The Balaban J connectivity index is 2.20. The summed E-state index contributed by atoms with van der Waals surface area (Å²) in [5, 5.41) is 8.81. The molecule has 0 aromatic heterocycles. The Kier molecular flexibility index (Phi) is 3.12. The number of hydrogen-bond donors (Lipinski definition) is 0. The first-order valence-corrected chi connectivity index (χ1v) is 5.62. The van der Waals surface area contributed by atoms with Crippen LogP contribution in [0.15, 0.2) is 24.3 Å². The molecular weight excluding hydrogens is 224 g/mol. The van der Waals surface area contributed by atoms with Crippen LogP contribution in [-0.4, -0.2) is 23.4 Å². The van der Waals surface area contributed by atoms with Crippen molar-refractivity contribution in [3.8, 4) is 6.07 Å². The van der Waals surface area contributed by atoms with Gasteiger partial charge in [-0.15, -0.1) is 11.6 Å². The molecule has 1 aromatic rings. The maximum atomic E-state index is 11.5. The smallest absolute Gasteiger partial charge is 0.224 e. The minimum atomic E-state index is 0.0855. The lowest BCUT2D eigenvalue weighted by Gasteiger charge is -2.12. The van der Waals surface area contributed by atoms with Gasteiger partial charge in [-0.3, -0.25) is 4.79 Å². The zero-order chi connectivity index (χ0) is 11.5. The second-order valence-corrected chi connectivity index (χ2v) is 4.11. The van der Waals surface area contributed by atoms with Crippen LogP contribution in [-0.2, 0) is 4.79 Å². The zero-order valence-corrected chi connectivity index (χ0v) is 9.44. The van der Waals surface area contributed by atoms with E-state index in [4.69, 9.17) is 16.9 Å². The SMILES string of the molecule is N#Cc1cccc(C2CC(=O)N(CCl)C2)c1. The van der Waals surface area contributed by atoms with Crippen LogP contribution in [0.25, 0.3) is 0 Å². The molecule has 0 spiro atoms. The number of benzene rings is 1. The van der Waals surface area contributed by atoms with Gasteiger partial charge in [0.1, 0.15) is 0 Å². The van der Waals surface area contributed by atoms with Gasteiger partial charge in [0.05, 0.1) is 17.6 Å². The monoisotopic (exact) mass is 234 g/mol. The van der Waals surface area contributed by atoms with Crippen molar-refractivity contribution in [2.75, 3.05) is 12.5 Å². The molecule has 0 bridgehead atoms. The number of hydrogen-bond acceptors (Lipinski definition) is 2. The molecule has 2 rings (SSSR count). The fraction of sp³-hybridized carbons (Fsp3) is 0.333.